The van der Waals surface area contributed by atoms with Crippen molar-refractivity contribution in [3.05, 3.63) is 29.8 Å². The quantitative estimate of drug-likeness (QED) is 0.852. The number of likely N-dealkylation sites (N-methyl/N-ethyl adjacent to an activating group) is 1. The van der Waals surface area contributed by atoms with Crippen LogP contribution in [0.3, 0.4) is 0 Å². The predicted octanol–water partition coefficient (Wildman–Crippen LogP) is 0.388. The third-order valence-electron chi connectivity index (χ3n) is 3.66. The minimum absolute atomic E-state index is 0.130. The molecule has 21 heavy (non-hydrogen) atoms. The van der Waals surface area contributed by atoms with Gasteiger partial charge in [-0.15, -0.1) is 0 Å². The normalized spacial score (nSPS) is 15.7. The van der Waals surface area contributed by atoms with Crippen LogP contribution in [0.2, 0.25) is 0 Å². The summed E-state index contributed by atoms with van der Waals surface area (Å²) >= 11 is 0. The molecule has 0 aliphatic carbocycles. The molecule has 0 saturated carbocycles. The van der Waals surface area contributed by atoms with Gasteiger partial charge >= 0.3 is 0 Å². The largest absolute Gasteiger partial charge is 0.342 e. The van der Waals surface area contributed by atoms with Crippen LogP contribution in [0.5, 0.6) is 0 Å². The molecular weight excluding hydrogens is 290 g/mol. The first-order valence-corrected chi connectivity index (χ1v) is 8.42. The lowest BCUT2D eigenvalue weighted by Gasteiger charge is -2.21. The summed E-state index contributed by atoms with van der Waals surface area (Å²) in [5, 5.41) is 0. The van der Waals surface area contributed by atoms with Crippen LogP contribution in [-0.4, -0.2) is 50.2 Å². The number of sulfonamides is 1. The molecule has 0 aromatic heterocycles. The van der Waals surface area contributed by atoms with Crippen LogP contribution >= 0.6 is 0 Å². The standard InChI is InChI=1S/C14H21N3O3S/c1-16(11-14(18)17-7-2-3-8-17)21(19,20)13-6-4-5-12(9-13)10-15/h4-6,9H,2-3,7-8,10-11,15H2,1H3. The van der Waals surface area contributed by atoms with E-state index in [4.69, 9.17) is 5.73 Å². The van der Waals surface area contributed by atoms with Gasteiger partial charge in [0.15, 0.2) is 0 Å². The number of carbonyl (C=O) groups is 1. The van der Waals surface area contributed by atoms with E-state index in [1.54, 1.807) is 23.1 Å². The highest BCUT2D eigenvalue weighted by Gasteiger charge is 2.26. The first kappa shape index (κ1) is 15.9. The minimum Gasteiger partial charge on any atom is -0.342 e. The third-order valence-corrected chi connectivity index (χ3v) is 5.46. The molecule has 1 fully saturated rings. The van der Waals surface area contributed by atoms with E-state index in [0.717, 1.165) is 35.8 Å². The Kier molecular flexibility index (Phi) is 4.97. The van der Waals surface area contributed by atoms with Crippen molar-refractivity contribution >= 4 is 15.9 Å². The number of likely N-dealkylation sites (tertiary alicyclic amines) is 1. The maximum Gasteiger partial charge on any atom is 0.243 e. The van der Waals surface area contributed by atoms with Gasteiger partial charge in [-0.2, -0.15) is 4.31 Å². The molecule has 1 saturated heterocycles. The molecule has 116 valence electrons. The number of nitrogens with zero attached hydrogens (tertiary/aromatic N) is 2. The summed E-state index contributed by atoms with van der Waals surface area (Å²) in [5.74, 6) is -0.145. The van der Waals surface area contributed by atoms with E-state index in [1.807, 2.05) is 0 Å². The highest BCUT2D eigenvalue weighted by atomic mass is 32.2. The smallest absolute Gasteiger partial charge is 0.243 e. The minimum atomic E-state index is -3.67. The summed E-state index contributed by atoms with van der Waals surface area (Å²) < 4.78 is 26.0. The number of benzene rings is 1. The second-order valence-electron chi connectivity index (χ2n) is 5.20. The van der Waals surface area contributed by atoms with Crippen molar-refractivity contribution in [2.75, 3.05) is 26.7 Å². The highest BCUT2D eigenvalue weighted by molar-refractivity contribution is 7.89. The molecule has 1 aliphatic rings. The predicted molar refractivity (Wildman–Crippen MR) is 80.0 cm³/mol. The fourth-order valence-electron chi connectivity index (χ4n) is 2.35. The van der Waals surface area contributed by atoms with Crippen LogP contribution in [-0.2, 0) is 21.4 Å². The highest BCUT2D eigenvalue weighted by Crippen LogP contribution is 2.16. The van der Waals surface area contributed by atoms with Crippen molar-refractivity contribution in [1.82, 2.24) is 9.21 Å². The van der Waals surface area contributed by atoms with Gasteiger partial charge in [0.2, 0.25) is 15.9 Å². The molecule has 0 bridgehead atoms. The SMILES string of the molecule is CN(CC(=O)N1CCCC1)S(=O)(=O)c1cccc(CN)c1. The Balaban J connectivity index is 2.12. The average Bonchev–Trinajstić information content (AvgIpc) is 3.01. The number of hydrogen-bond donors (Lipinski definition) is 1. The van der Waals surface area contributed by atoms with Gasteiger partial charge in [-0.25, -0.2) is 8.42 Å². The monoisotopic (exact) mass is 311 g/mol. The second-order valence-corrected chi connectivity index (χ2v) is 7.25. The van der Waals surface area contributed by atoms with Gasteiger partial charge in [-0.1, -0.05) is 12.1 Å². The molecular formula is C14H21N3O3S. The Labute approximate surface area is 125 Å². The van der Waals surface area contributed by atoms with Gasteiger partial charge < -0.3 is 10.6 Å². The second kappa shape index (κ2) is 6.55. The van der Waals surface area contributed by atoms with Crippen LogP contribution in [0.15, 0.2) is 29.2 Å². The van der Waals surface area contributed by atoms with Crippen LogP contribution in [0.4, 0.5) is 0 Å². The molecule has 0 radical (unpaired) electrons. The Hall–Kier alpha value is -1.44. The summed E-state index contributed by atoms with van der Waals surface area (Å²) in [6.07, 6.45) is 1.97. The van der Waals surface area contributed by atoms with E-state index in [9.17, 15) is 13.2 Å². The fourth-order valence-corrected chi connectivity index (χ4v) is 3.55. The zero-order chi connectivity index (χ0) is 15.5. The lowest BCUT2D eigenvalue weighted by molar-refractivity contribution is -0.130. The third kappa shape index (κ3) is 3.61. The van der Waals surface area contributed by atoms with Crippen molar-refractivity contribution in [1.29, 1.82) is 0 Å². The first-order valence-electron chi connectivity index (χ1n) is 6.98. The Morgan fingerprint density at radius 2 is 2.00 bits per heavy atom. The van der Waals surface area contributed by atoms with Gasteiger partial charge in [0.05, 0.1) is 11.4 Å². The van der Waals surface area contributed by atoms with E-state index in [2.05, 4.69) is 0 Å². The Morgan fingerprint density at radius 3 is 2.62 bits per heavy atom. The van der Waals surface area contributed by atoms with Crippen LogP contribution < -0.4 is 5.73 Å². The Bertz CT molecular complexity index is 610. The molecule has 0 spiro atoms. The van der Waals surface area contributed by atoms with E-state index in [-0.39, 0.29) is 23.9 Å². The lowest BCUT2D eigenvalue weighted by Crippen LogP contribution is -2.39. The van der Waals surface area contributed by atoms with E-state index in [1.165, 1.54) is 13.1 Å². The zero-order valence-electron chi connectivity index (χ0n) is 12.2. The maximum absolute atomic E-state index is 12.5. The van der Waals surface area contributed by atoms with Crippen LogP contribution in [0.25, 0.3) is 0 Å². The molecule has 2 N–H and O–H groups in total. The topological polar surface area (TPSA) is 83.7 Å². The molecule has 0 unspecified atom stereocenters. The summed E-state index contributed by atoms with van der Waals surface area (Å²) in [7, 11) is -2.24. The number of carbonyl (C=O) groups excluding carboxylic acids is 1. The molecule has 1 heterocycles. The zero-order valence-corrected chi connectivity index (χ0v) is 13.0. The molecule has 1 aromatic rings. The first-order chi connectivity index (χ1) is 9.95. The molecule has 1 aromatic carbocycles. The number of rotatable bonds is 5. The number of nitrogens with two attached hydrogens (primary N) is 1. The molecule has 1 aliphatic heterocycles. The molecule has 7 heteroatoms. The number of amides is 1. The molecule has 6 nitrogen and oxygen atoms in total. The van der Waals surface area contributed by atoms with Crippen molar-refractivity contribution < 1.29 is 13.2 Å². The lowest BCUT2D eigenvalue weighted by atomic mass is 10.2. The summed E-state index contributed by atoms with van der Waals surface area (Å²) in [5.41, 5.74) is 6.28. The van der Waals surface area contributed by atoms with Gasteiger partial charge in [-0.3, -0.25) is 4.79 Å². The van der Waals surface area contributed by atoms with Gasteiger partial charge in [0, 0.05) is 26.7 Å². The number of hydrogen-bond acceptors (Lipinski definition) is 4. The fraction of sp³-hybridized carbons (Fsp3) is 0.500. The van der Waals surface area contributed by atoms with Crippen molar-refractivity contribution in [3.8, 4) is 0 Å². The maximum atomic E-state index is 12.5. The van der Waals surface area contributed by atoms with Crippen molar-refractivity contribution in [2.24, 2.45) is 5.73 Å². The van der Waals surface area contributed by atoms with E-state index >= 15 is 0 Å². The van der Waals surface area contributed by atoms with Gasteiger partial charge in [0.1, 0.15) is 0 Å². The van der Waals surface area contributed by atoms with Crippen LogP contribution in [0, 0.1) is 0 Å². The molecule has 2 rings (SSSR count). The summed E-state index contributed by atoms with van der Waals surface area (Å²) in [6, 6.07) is 6.50. The van der Waals surface area contributed by atoms with E-state index in [0.29, 0.717) is 0 Å². The van der Waals surface area contributed by atoms with E-state index < -0.39 is 10.0 Å². The van der Waals surface area contributed by atoms with Gasteiger partial charge in [0.25, 0.3) is 0 Å². The molecule has 1 amide bonds. The van der Waals surface area contributed by atoms with Gasteiger partial charge in [-0.05, 0) is 30.5 Å². The van der Waals surface area contributed by atoms with Crippen molar-refractivity contribution in [3.63, 3.8) is 0 Å². The summed E-state index contributed by atoms with van der Waals surface area (Å²) in [4.78, 5) is 13.9. The molecule has 0 atom stereocenters. The van der Waals surface area contributed by atoms with Crippen LogP contribution in [0.1, 0.15) is 18.4 Å². The van der Waals surface area contributed by atoms with Crippen molar-refractivity contribution in [2.45, 2.75) is 24.3 Å². The average molecular weight is 311 g/mol. The summed E-state index contributed by atoms with van der Waals surface area (Å²) in [6.45, 7) is 1.58. The Morgan fingerprint density at radius 1 is 1.33 bits per heavy atom.